The van der Waals surface area contributed by atoms with Gasteiger partial charge in [-0.05, 0) is 5.92 Å². The Hall–Kier alpha value is -2.64. The van der Waals surface area contributed by atoms with Crippen LogP contribution in [0.1, 0.15) is 33.1 Å². The van der Waals surface area contributed by atoms with Crippen molar-refractivity contribution < 1.29 is 71.2 Å². The molecule has 5 atom stereocenters. The van der Waals surface area contributed by atoms with E-state index in [1.807, 2.05) is 0 Å². The molecule has 8 N–H and O–H groups in total. The molecule has 19 heteroatoms. The number of rotatable bonds is 13. The van der Waals surface area contributed by atoms with E-state index in [0.29, 0.717) is 6.42 Å². The van der Waals surface area contributed by atoms with E-state index >= 15 is 0 Å². The minimum atomic E-state index is -5.19. The number of aliphatic carboxylic acids is 3. The zero-order chi connectivity index (χ0) is 29.0. The van der Waals surface area contributed by atoms with Crippen molar-refractivity contribution in [3.63, 3.8) is 0 Å². The molecule has 36 heavy (non-hydrogen) atoms. The molecule has 0 bridgehead atoms. The van der Waals surface area contributed by atoms with E-state index < -0.39 is 87.5 Å². The second-order valence-corrected chi connectivity index (χ2v) is 9.56. The maximum Gasteiger partial charge on any atom is 0.430 e. The number of carboxylic acid groups (broad SMARTS) is 3. The third-order valence-electron chi connectivity index (χ3n) is 4.48. The largest absolute Gasteiger partial charge is 0.542 e. The molecule has 0 aromatic carbocycles. The predicted molar refractivity (Wildman–Crippen MR) is 115 cm³/mol. The standard InChI is InChI=1S/C15H27N3O9S2.C2HF3O2/c1-3-7(2)11(13(21)17-9(15(23)24)6-10(19)20)18-14(22)12(28)8(16)4-5-29(25,26)27;3-2(4,5)1(6)7/h7-9,11-12,28H,3-6,16H2,1-2H3,(H,17,21)(H,18,22)(H,19,20)(H,23,24)(H,25,26,27);(H,6,7)/t7-,8-,9-,11-,12+;/m0./s1. The highest BCUT2D eigenvalue weighted by atomic mass is 32.2. The molecule has 14 nitrogen and oxygen atoms in total. The van der Waals surface area contributed by atoms with Crippen molar-refractivity contribution >= 4 is 52.5 Å². The summed E-state index contributed by atoms with van der Waals surface area (Å²) in [4.78, 5) is 55.6. The van der Waals surface area contributed by atoms with E-state index in [2.05, 4.69) is 29.0 Å². The number of hydrogen-bond acceptors (Lipinski definition) is 9. The second-order valence-electron chi connectivity index (χ2n) is 7.43. The van der Waals surface area contributed by atoms with Crippen LogP contribution < -0.4 is 21.5 Å². The SMILES string of the molecule is CC[C@H](C)[C@H](NC(=O)[C@H](S)[C@@H]([NH3+])CCS(=O)(=O)O)C(=O)N[C@@H](CC(=O)O)C(=O)O.O=C([O-])C(F)(F)F. The van der Waals surface area contributed by atoms with Crippen LogP contribution in [0, 0.1) is 5.92 Å². The summed E-state index contributed by atoms with van der Waals surface area (Å²) in [6.45, 7) is 3.36. The number of alkyl halides is 3. The number of nitrogens with one attached hydrogen (secondary N) is 2. The van der Waals surface area contributed by atoms with Gasteiger partial charge >= 0.3 is 18.1 Å². The van der Waals surface area contributed by atoms with Gasteiger partial charge in [0.1, 0.15) is 29.3 Å². The van der Waals surface area contributed by atoms with Crippen molar-refractivity contribution in [3.8, 4) is 0 Å². The zero-order valence-corrected chi connectivity index (χ0v) is 20.7. The Kier molecular flexibility index (Phi) is 15.3. The predicted octanol–water partition coefficient (Wildman–Crippen LogP) is -2.95. The first-order chi connectivity index (χ1) is 16.1. The molecule has 0 aliphatic rings. The summed E-state index contributed by atoms with van der Waals surface area (Å²) in [6.07, 6.45) is -5.75. The van der Waals surface area contributed by atoms with Gasteiger partial charge in [-0.15, -0.1) is 0 Å². The second kappa shape index (κ2) is 15.5. The van der Waals surface area contributed by atoms with Gasteiger partial charge in [-0.2, -0.15) is 34.2 Å². The van der Waals surface area contributed by atoms with Crippen molar-refractivity contribution in [3.05, 3.63) is 0 Å². The van der Waals surface area contributed by atoms with Gasteiger partial charge in [-0.1, -0.05) is 20.3 Å². The molecule has 0 spiro atoms. The van der Waals surface area contributed by atoms with Gasteiger partial charge in [-0.3, -0.25) is 18.9 Å². The lowest BCUT2D eigenvalue weighted by atomic mass is 9.97. The van der Waals surface area contributed by atoms with Crippen molar-refractivity contribution in [2.24, 2.45) is 5.92 Å². The minimum Gasteiger partial charge on any atom is -0.542 e. The number of amides is 2. The maximum atomic E-state index is 12.5. The Morgan fingerprint density at radius 2 is 1.56 bits per heavy atom. The lowest BCUT2D eigenvalue weighted by Gasteiger charge is -2.26. The Morgan fingerprint density at radius 1 is 1.08 bits per heavy atom. The molecule has 210 valence electrons. The number of thiol groups is 1. The summed E-state index contributed by atoms with van der Waals surface area (Å²) in [7, 11) is -4.24. The topological polar surface area (TPSA) is 255 Å². The highest BCUT2D eigenvalue weighted by Crippen LogP contribution is 2.12. The summed E-state index contributed by atoms with van der Waals surface area (Å²) in [6, 6.07) is -3.66. The molecule has 0 saturated carbocycles. The number of hydrogen-bond donors (Lipinski definition) is 7. The van der Waals surface area contributed by atoms with E-state index in [1.54, 1.807) is 13.8 Å². The minimum absolute atomic E-state index is 0.152. The quantitative estimate of drug-likeness (QED) is 0.0868. The molecule has 0 aliphatic heterocycles. The van der Waals surface area contributed by atoms with E-state index in [9.17, 15) is 40.8 Å². The first kappa shape index (κ1) is 35.5. The normalized spacial score (nSPS) is 15.7. The highest BCUT2D eigenvalue weighted by molar-refractivity contribution is 7.85. The van der Waals surface area contributed by atoms with Crippen LogP contribution in [0.15, 0.2) is 0 Å². The Bertz CT molecular complexity index is 900. The number of carbonyl (C=O) groups is 5. The molecule has 0 aliphatic carbocycles. The summed E-state index contributed by atoms with van der Waals surface area (Å²) in [5.74, 6) is -8.63. The smallest absolute Gasteiger partial charge is 0.430 e. The summed E-state index contributed by atoms with van der Waals surface area (Å²) in [5.41, 5.74) is 3.63. The van der Waals surface area contributed by atoms with E-state index in [4.69, 9.17) is 24.7 Å². The molecule has 0 unspecified atom stereocenters. The van der Waals surface area contributed by atoms with Gasteiger partial charge in [0.05, 0.1) is 12.2 Å². The summed E-state index contributed by atoms with van der Waals surface area (Å²) < 4.78 is 62.0. The van der Waals surface area contributed by atoms with Crippen LogP contribution in [0.2, 0.25) is 0 Å². The van der Waals surface area contributed by atoms with E-state index in [1.165, 1.54) is 0 Å². The fraction of sp³-hybridized carbons (Fsp3) is 0.706. The lowest BCUT2D eigenvalue weighted by molar-refractivity contribution is -0.416. The van der Waals surface area contributed by atoms with Gasteiger partial charge < -0.3 is 36.5 Å². The molecule has 0 fully saturated rings. The van der Waals surface area contributed by atoms with Gasteiger partial charge in [0.2, 0.25) is 11.8 Å². The average molecular weight is 572 g/mol. The van der Waals surface area contributed by atoms with Gasteiger partial charge in [0, 0.05) is 6.42 Å². The van der Waals surface area contributed by atoms with Crippen molar-refractivity contribution in [1.82, 2.24) is 10.6 Å². The first-order valence-electron chi connectivity index (χ1n) is 9.93. The average Bonchev–Trinajstić information content (AvgIpc) is 2.72. The lowest BCUT2D eigenvalue weighted by Crippen LogP contribution is -2.68. The zero-order valence-electron chi connectivity index (χ0n) is 19.0. The van der Waals surface area contributed by atoms with Crippen LogP contribution in [0.4, 0.5) is 13.2 Å². The molecule has 0 aromatic heterocycles. The summed E-state index contributed by atoms with van der Waals surface area (Å²) in [5, 5.41) is 30.0. The molecule has 0 saturated heterocycles. The third kappa shape index (κ3) is 15.4. The van der Waals surface area contributed by atoms with E-state index in [0.717, 1.165) is 0 Å². The molecular formula is C17H28F3N3O11S2. The molecule has 2 amide bonds. The van der Waals surface area contributed by atoms with Crippen LogP contribution in [-0.4, -0.2) is 88.2 Å². The Balaban J connectivity index is 0. The van der Waals surface area contributed by atoms with Crippen LogP contribution >= 0.6 is 12.6 Å². The van der Waals surface area contributed by atoms with Gasteiger partial charge in [0.25, 0.3) is 10.1 Å². The number of quaternary nitrogens is 1. The van der Waals surface area contributed by atoms with Crippen LogP contribution in [0.3, 0.4) is 0 Å². The number of carbonyl (C=O) groups excluding carboxylic acids is 3. The Labute approximate surface area is 208 Å². The first-order valence-corrected chi connectivity index (χ1v) is 12.1. The summed E-state index contributed by atoms with van der Waals surface area (Å²) >= 11 is 4.08. The van der Waals surface area contributed by atoms with Gasteiger partial charge in [0.15, 0.2) is 0 Å². The fourth-order valence-corrected chi connectivity index (χ4v) is 3.07. The highest BCUT2D eigenvalue weighted by Gasteiger charge is 2.34. The van der Waals surface area contributed by atoms with E-state index in [-0.39, 0.29) is 6.42 Å². The monoisotopic (exact) mass is 571 g/mol. The number of halogens is 3. The van der Waals surface area contributed by atoms with Crippen molar-refractivity contribution in [2.45, 2.75) is 62.7 Å². The third-order valence-corrected chi connectivity index (χ3v) is 5.89. The van der Waals surface area contributed by atoms with Crippen molar-refractivity contribution in [1.29, 1.82) is 0 Å². The molecule has 0 aromatic rings. The van der Waals surface area contributed by atoms with Crippen LogP contribution in [0.25, 0.3) is 0 Å². The molecule has 0 heterocycles. The van der Waals surface area contributed by atoms with Gasteiger partial charge in [-0.25, -0.2) is 4.79 Å². The van der Waals surface area contributed by atoms with Crippen molar-refractivity contribution in [2.75, 3.05) is 5.75 Å². The Morgan fingerprint density at radius 3 is 1.89 bits per heavy atom. The molecule has 0 radical (unpaired) electrons. The number of carboxylic acids is 3. The maximum absolute atomic E-state index is 12.5. The van der Waals surface area contributed by atoms with Crippen LogP contribution in [-0.2, 0) is 34.1 Å². The van der Waals surface area contributed by atoms with Crippen LogP contribution in [0.5, 0.6) is 0 Å². The molecular weight excluding hydrogens is 543 g/mol. The molecule has 0 rings (SSSR count). The fourth-order valence-electron chi connectivity index (χ4n) is 2.25.